The Morgan fingerprint density at radius 2 is 1.51 bits per heavy atom. The van der Waals surface area contributed by atoms with E-state index in [1.54, 1.807) is 86.8 Å². The highest BCUT2D eigenvalue weighted by molar-refractivity contribution is 6.35. The molecule has 0 aliphatic carbocycles. The Balaban J connectivity index is 2.77. The Morgan fingerprint density at radius 3 is 1.97 bits per heavy atom. The molecular formula is C25H34ClN3O6. The summed E-state index contributed by atoms with van der Waals surface area (Å²) in [6, 6.07) is 5.58. The maximum atomic E-state index is 13.5. The maximum absolute atomic E-state index is 13.5. The van der Waals surface area contributed by atoms with Crippen LogP contribution in [0.2, 0.25) is 5.02 Å². The van der Waals surface area contributed by atoms with Gasteiger partial charge in [0.25, 0.3) is 5.56 Å². The van der Waals surface area contributed by atoms with Crippen LogP contribution >= 0.6 is 11.6 Å². The normalized spacial score (nSPS) is 12.7. The number of aromatic nitrogens is 1. The molecule has 1 aromatic carbocycles. The number of carbonyl (C=O) groups excluding carboxylic acids is 3. The number of hydrogen-bond donors (Lipinski definition) is 0. The van der Waals surface area contributed by atoms with Gasteiger partial charge in [-0.25, -0.2) is 14.5 Å². The van der Waals surface area contributed by atoms with Gasteiger partial charge in [0.2, 0.25) is 5.91 Å². The van der Waals surface area contributed by atoms with Crippen LogP contribution in [0, 0.1) is 0 Å². The summed E-state index contributed by atoms with van der Waals surface area (Å²) in [5.41, 5.74) is -2.06. The van der Waals surface area contributed by atoms with E-state index in [-0.39, 0.29) is 28.6 Å². The van der Waals surface area contributed by atoms with E-state index in [9.17, 15) is 19.2 Å². The van der Waals surface area contributed by atoms with Gasteiger partial charge in [-0.2, -0.15) is 0 Å². The molecule has 0 fully saturated rings. The Bertz CT molecular complexity index is 1160. The molecule has 0 spiro atoms. The average Bonchev–Trinajstić information content (AvgIpc) is 2.66. The number of pyridine rings is 1. The number of benzene rings is 1. The topological polar surface area (TPSA) is 98.2 Å². The molecule has 0 saturated carbocycles. The quantitative estimate of drug-likeness (QED) is 0.579. The van der Waals surface area contributed by atoms with Crippen LogP contribution in [0.15, 0.2) is 29.1 Å². The smallest absolute Gasteiger partial charge is 0.420 e. The van der Waals surface area contributed by atoms with Crippen LogP contribution in [0.4, 0.5) is 9.59 Å². The minimum atomic E-state index is -1.02. The van der Waals surface area contributed by atoms with E-state index in [1.807, 2.05) is 0 Å². The lowest BCUT2D eigenvalue weighted by Crippen LogP contribution is -2.46. The third kappa shape index (κ3) is 6.97. The van der Waals surface area contributed by atoms with E-state index >= 15 is 0 Å². The Labute approximate surface area is 210 Å². The highest BCUT2D eigenvalue weighted by Gasteiger charge is 2.37. The number of rotatable bonds is 4. The fourth-order valence-electron chi connectivity index (χ4n) is 3.31. The molecule has 1 aromatic heterocycles. The molecule has 1 unspecified atom stereocenters. The predicted molar refractivity (Wildman–Crippen MR) is 135 cm³/mol. The van der Waals surface area contributed by atoms with Gasteiger partial charge in [-0.1, -0.05) is 23.7 Å². The molecule has 1 atom stereocenters. The lowest BCUT2D eigenvalue weighted by Gasteiger charge is -2.33. The van der Waals surface area contributed by atoms with E-state index in [2.05, 4.69) is 0 Å². The van der Waals surface area contributed by atoms with Crippen molar-refractivity contribution in [3.8, 4) is 0 Å². The van der Waals surface area contributed by atoms with Crippen LogP contribution in [-0.2, 0) is 20.8 Å². The van der Waals surface area contributed by atoms with Gasteiger partial charge in [-0.15, -0.1) is 0 Å². The van der Waals surface area contributed by atoms with Crippen molar-refractivity contribution in [1.82, 2.24) is 14.4 Å². The van der Waals surface area contributed by atoms with Gasteiger partial charge in [0.05, 0.1) is 16.5 Å². The highest BCUT2D eigenvalue weighted by atomic mass is 35.5. The van der Waals surface area contributed by atoms with Gasteiger partial charge in [0.1, 0.15) is 17.7 Å². The first-order valence-electron chi connectivity index (χ1n) is 11.2. The molecule has 9 nitrogen and oxygen atoms in total. The Kier molecular flexibility index (Phi) is 8.27. The zero-order valence-electron chi connectivity index (χ0n) is 21.8. The van der Waals surface area contributed by atoms with Crippen LogP contribution in [0.25, 0.3) is 10.8 Å². The molecule has 0 aliphatic rings. The summed E-state index contributed by atoms with van der Waals surface area (Å²) in [5, 5.41) is 0.970. The number of amides is 3. The number of nitrogens with zero attached hydrogens (tertiary/aromatic N) is 3. The molecule has 0 aliphatic heterocycles. The van der Waals surface area contributed by atoms with E-state index in [1.165, 1.54) is 9.47 Å². The molecule has 0 radical (unpaired) electrons. The van der Waals surface area contributed by atoms with Crippen LogP contribution in [0.3, 0.4) is 0 Å². The van der Waals surface area contributed by atoms with E-state index in [4.69, 9.17) is 21.1 Å². The fourth-order valence-corrected chi connectivity index (χ4v) is 3.57. The molecule has 2 rings (SSSR count). The molecule has 1 heterocycles. The van der Waals surface area contributed by atoms with E-state index in [0.717, 1.165) is 4.90 Å². The highest BCUT2D eigenvalue weighted by Crippen LogP contribution is 2.29. The van der Waals surface area contributed by atoms with Crippen LogP contribution in [0.1, 0.15) is 60.2 Å². The molecule has 192 valence electrons. The summed E-state index contributed by atoms with van der Waals surface area (Å²) in [6.45, 7) is 11.3. The first kappa shape index (κ1) is 28.2. The van der Waals surface area contributed by atoms with Crippen LogP contribution in [-0.4, -0.2) is 57.8 Å². The van der Waals surface area contributed by atoms with Gasteiger partial charge in [0, 0.05) is 19.8 Å². The zero-order valence-corrected chi connectivity index (χ0v) is 22.5. The summed E-state index contributed by atoms with van der Waals surface area (Å²) in [4.78, 5) is 54.6. The van der Waals surface area contributed by atoms with Crippen LogP contribution < -0.4 is 5.56 Å². The van der Waals surface area contributed by atoms with Gasteiger partial charge in [0.15, 0.2) is 0 Å². The lowest BCUT2D eigenvalue weighted by atomic mass is 10.1. The van der Waals surface area contributed by atoms with Gasteiger partial charge in [-0.05, 0) is 66.0 Å². The van der Waals surface area contributed by atoms with Crippen molar-refractivity contribution in [2.75, 3.05) is 14.1 Å². The first-order valence-corrected chi connectivity index (χ1v) is 11.6. The Hall–Kier alpha value is -3.07. The van der Waals surface area contributed by atoms with Crippen molar-refractivity contribution >= 4 is 40.5 Å². The van der Waals surface area contributed by atoms with Crippen molar-refractivity contribution in [2.45, 2.75) is 72.3 Å². The third-order valence-electron chi connectivity index (χ3n) is 4.91. The first-order chi connectivity index (χ1) is 15.9. The number of imide groups is 1. The number of hydrogen-bond acceptors (Lipinski definition) is 6. The average molecular weight is 508 g/mol. The largest absolute Gasteiger partial charge is 0.443 e. The second-order valence-corrected chi connectivity index (χ2v) is 10.9. The summed E-state index contributed by atoms with van der Waals surface area (Å²) >= 11 is 6.31. The second-order valence-electron chi connectivity index (χ2n) is 10.5. The van der Waals surface area contributed by atoms with Crippen LogP contribution in [0.5, 0.6) is 0 Å². The molecule has 35 heavy (non-hydrogen) atoms. The number of fused-ring (bicyclic) bond motifs is 1. The molecule has 0 bridgehead atoms. The molecule has 3 amide bonds. The molecule has 10 heteroatoms. The lowest BCUT2D eigenvalue weighted by molar-refractivity contribution is -0.129. The number of carbonyl (C=O) groups is 3. The summed E-state index contributed by atoms with van der Waals surface area (Å²) in [6.07, 6.45) is -1.88. The van der Waals surface area contributed by atoms with Crippen molar-refractivity contribution in [1.29, 1.82) is 0 Å². The molecule has 2 aromatic rings. The number of halogens is 1. The minimum absolute atomic E-state index is 0.230. The summed E-state index contributed by atoms with van der Waals surface area (Å²) < 4.78 is 12.2. The van der Waals surface area contributed by atoms with Crippen molar-refractivity contribution in [2.24, 2.45) is 0 Å². The summed E-state index contributed by atoms with van der Waals surface area (Å²) in [5.74, 6) is -0.354. The number of likely N-dealkylation sites (N-methyl/N-ethyl adjacent to an activating group) is 1. The third-order valence-corrected chi connectivity index (χ3v) is 5.22. The maximum Gasteiger partial charge on any atom is 0.420 e. The zero-order chi connectivity index (χ0) is 26.9. The predicted octanol–water partition coefficient (Wildman–Crippen LogP) is 4.98. The summed E-state index contributed by atoms with van der Waals surface area (Å²) in [7, 11) is 3.14. The standard InChI is InChI=1S/C25H34ClN3O6/c1-15(29(22(32)34-24(2,3)4)23(33)35-25(5,6)7)18-13-16-11-10-12-17(26)20(16)21(31)28(18)14-19(30)27(8)9/h10-13,15H,14H2,1-9H3. The van der Waals surface area contributed by atoms with Gasteiger partial charge in [-0.3, -0.25) is 9.59 Å². The van der Waals surface area contributed by atoms with Crippen molar-refractivity contribution in [3.05, 3.63) is 45.3 Å². The van der Waals surface area contributed by atoms with Crippen molar-refractivity contribution < 1.29 is 23.9 Å². The molecule has 0 saturated heterocycles. The monoisotopic (exact) mass is 507 g/mol. The van der Waals surface area contributed by atoms with E-state index in [0.29, 0.717) is 5.39 Å². The van der Waals surface area contributed by atoms with E-state index < -0.39 is 35.0 Å². The molecule has 0 N–H and O–H groups in total. The molecular weight excluding hydrogens is 474 g/mol. The fraction of sp³-hybridized carbons (Fsp3) is 0.520. The SMILES string of the molecule is CC(c1cc2cccc(Cl)c2c(=O)n1CC(=O)N(C)C)N(C(=O)OC(C)(C)C)C(=O)OC(C)(C)C. The number of ether oxygens (including phenoxy) is 2. The Morgan fingerprint density at radius 1 is 1.00 bits per heavy atom. The minimum Gasteiger partial charge on any atom is -0.443 e. The van der Waals surface area contributed by atoms with Gasteiger partial charge < -0.3 is 18.9 Å². The van der Waals surface area contributed by atoms with Crippen molar-refractivity contribution in [3.63, 3.8) is 0 Å². The second kappa shape index (κ2) is 10.3. The van der Waals surface area contributed by atoms with Gasteiger partial charge >= 0.3 is 12.2 Å².